The largest absolute Gasteiger partial charge is 0.504 e. The maximum Gasteiger partial charge on any atom is 0.161 e. The summed E-state index contributed by atoms with van der Waals surface area (Å²) in [5.74, 6) is 0.782. The van der Waals surface area contributed by atoms with Gasteiger partial charge in [-0.05, 0) is 19.4 Å². The van der Waals surface area contributed by atoms with Crippen molar-refractivity contribution in [3.8, 4) is 11.5 Å². The molecule has 0 saturated carbocycles. The molecule has 1 N–H and O–H groups in total. The fourth-order valence-corrected chi connectivity index (χ4v) is 4.44. The molecule has 0 spiro atoms. The van der Waals surface area contributed by atoms with Gasteiger partial charge in [-0.25, -0.2) is 0 Å². The number of aromatic hydroxyl groups is 1. The van der Waals surface area contributed by atoms with Gasteiger partial charge in [0.2, 0.25) is 0 Å². The lowest BCUT2D eigenvalue weighted by atomic mass is 9.98. The molecule has 0 fully saturated rings. The van der Waals surface area contributed by atoms with Crippen LogP contribution in [-0.4, -0.2) is 33.4 Å². The van der Waals surface area contributed by atoms with Crippen LogP contribution in [0.5, 0.6) is 11.5 Å². The van der Waals surface area contributed by atoms with Crippen molar-refractivity contribution >= 4 is 16.5 Å². The van der Waals surface area contributed by atoms with Crippen LogP contribution in [-0.2, 0) is 10.8 Å². The number of hydrogen-bond donors (Lipinski definition) is 1. The summed E-state index contributed by atoms with van der Waals surface area (Å²) in [6.07, 6.45) is 0.784. The molecule has 126 valence electrons. The number of phenols is 1. The van der Waals surface area contributed by atoms with Crippen molar-refractivity contribution in [3.05, 3.63) is 53.6 Å². The SMILES string of the molecule is CC[C@@]1(C)C[S@](=O)c2cc(O)c(OC)cc2C(c2ccccc2)=N1. The van der Waals surface area contributed by atoms with Gasteiger partial charge in [0.05, 0.1) is 39.8 Å². The first-order chi connectivity index (χ1) is 11.5. The molecule has 2 atom stereocenters. The van der Waals surface area contributed by atoms with Crippen molar-refractivity contribution in [2.24, 2.45) is 4.99 Å². The molecule has 0 aromatic heterocycles. The van der Waals surface area contributed by atoms with E-state index in [0.717, 1.165) is 23.3 Å². The Kier molecular flexibility index (Phi) is 4.45. The molecule has 0 unspecified atom stereocenters. The van der Waals surface area contributed by atoms with Crippen LogP contribution in [0, 0.1) is 0 Å². The van der Waals surface area contributed by atoms with Crippen LogP contribution in [0.2, 0.25) is 0 Å². The van der Waals surface area contributed by atoms with Gasteiger partial charge in [0.15, 0.2) is 11.5 Å². The zero-order valence-corrected chi connectivity index (χ0v) is 14.9. The summed E-state index contributed by atoms with van der Waals surface area (Å²) < 4.78 is 18.1. The molecule has 0 aliphatic carbocycles. The molecule has 1 aliphatic rings. The van der Waals surface area contributed by atoms with Crippen molar-refractivity contribution in [1.82, 2.24) is 0 Å². The summed E-state index contributed by atoms with van der Waals surface area (Å²) in [6, 6.07) is 13.1. The molecule has 0 amide bonds. The van der Waals surface area contributed by atoms with Crippen LogP contribution < -0.4 is 4.74 Å². The van der Waals surface area contributed by atoms with Gasteiger partial charge in [-0.3, -0.25) is 9.20 Å². The Labute approximate surface area is 144 Å². The molecule has 4 nitrogen and oxygen atoms in total. The zero-order chi connectivity index (χ0) is 17.3. The maximum atomic E-state index is 12.9. The Morgan fingerprint density at radius 2 is 2.00 bits per heavy atom. The van der Waals surface area contributed by atoms with Crippen LogP contribution in [0.1, 0.15) is 31.4 Å². The Hall–Kier alpha value is -2.14. The van der Waals surface area contributed by atoms with Crippen LogP contribution in [0.4, 0.5) is 0 Å². The second-order valence-corrected chi connectivity index (χ2v) is 7.61. The molecule has 0 radical (unpaired) electrons. The van der Waals surface area contributed by atoms with E-state index in [1.807, 2.05) is 37.3 Å². The average Bonchev–Trinajstić information content (AvgIpc) is 2.70. The van der Waals surface area contributed by atoms with E-state index in [2.05, 4.69) is 6.92 Å². The fourth-order valence-electron chi connectivity index (χ4n) is 2.81. The van der Waals surface area contributed by atoms with Crippen LogP contribution in [0.25, 0.3) is 0 Å². The van der Waals surface area contributed by atoms with Crippen LogP contribution in [0.3, 0.4) is 0 Å². The third kappa shape index (κ3) is 2.96. The molecule has 0 bridgehead atoms. The predicted octanol–water partition coefficient (Wildman–Crippen LogP) is 3.53. The molecule has 1 heterocycles. The van der Waals surface area contributed by atoms with E-state index in [9.17, 15) is 9.32 Å². The second-order valence-electron chi connectivity index (χ2n) is 6.19. The highest BCUT2D eigenvalue weighted by Gasteiger charge is 2.32. The molecule has 2 aromatic rings. The molecular formula is C19H21NO3S. The first-order valence-electron chi connectivity index (χ1n) is 7.92. The third-order valence-electron chi connectivity index (χ3n) is 4.41. The summed E-state index contributed by atoms with van der Waals surface area (Å²) in [4.78, 5) is 5.58. The highest BCUT2D eigenvalue weighted by molar-refractivity contribution is 7.85. The maximum absolute atomic E-state index is 12.9. The molecular weight excluding hydrogens is 322 g/mol. The van der Waals surface area contributed by atoms with E-state index in [4.69, 9.17) is 9.73 Å². The predicted molar refractivity (Wildman–Crippen MR) is 96.7 cm³/mol. The lowest BCUT2D eigenvalue weighted by Crippen LogP contribution is -2.28. The lowest BCUT2D eigenvalue weighted by molar-refractivity contribution is 0.372. The first kappa shape index (κ1) is 16.7. The Morgan fingerprint density at radius 3 is 2.62 bits per heavy atom. The normalized spacial score (nSPS) is 23.1. The van der Waals surface area contributed by atoms with Gasteiger partial charge in [0.25, 0.3) is 0 Å². The number of benzene rings is 2. The highest BCUT2D eigenvalue weighted by Crippen LogP contribution is 2.36. The van der Waals surface area contributed by atoms with E-state index in [0.29, 0.717) is 16.4 Å². The fraction of sp³-hybridized carbons (Fsp3) is 0.316. The van der Waals surface area contributed by atoms with Crippen molar-refractivity contribution in [1.29, 1.82) is 0 Å². The van der Waals surface area contributed by atoms with Crippen LogP contribution in [0.15, 0.2) is 52.4 Å². The summed E-state index contributed by atoms with van der Waals surface area (Å²) in [6.45, 7) is 4.08. The standard InChI is InChI=1S/C19H21NO3S/c1-4-19(2)12-24(22)17-11-15(21)16(23-3)10-14(17)18(20-19)13-8-6-5-7-9-13/h5-11,21H,4,12H2,1-3H3/t19-,24-/m0/s1. The molecule has 1 aliphatic heterocycles. The average molecular weight is 343 g/mol. The van der Waals surface area contributed by atoms with Gasteiger partial charge in [-0.1, -0.05) is 37.3 Å². The van der Waals surface area contributed by atoms with Gasteiger partial charge < -0.3 is 9.84 Å². The topological polar surface area (TPSA) is 58.9 Å². The number of fused-ring (bicyclic) bond motifs is 1. The minimum atomic E-state index is -1.25. The summed E-state index contributed by atoms with van der Waals surface area (Å²) >= 11 is 0. The van der Waals surface area contributed by atoms with Crippen molar-refractivity contribution in [2.75, 3.05) is 12.9 Å². The van der Waals surface area contributed by atoms with E-state index in [-0.39, 0.29) is 5.75 Å². The van der Waals surface area contributed by atoms with Gasteiger partial charge >= 0.3 is 0 Å². The van der Waals surface area contributed by atoms with Crippen molar-refractivity contribution < 1.29 is 14.1 Å². The Morgan fingerprint density at radius 1 is 1.29 bits per heavy atom. The minimum absolute atomic E-state index is 0.00267. The van der Waals surface area contributed by atoms with Gasteiger partial charge in [-0.2, -0.15) is 0 Å². The Bertz CT molecular complexity index is 817. The smallest absolute Gasteiger partial charge is 0.161 e. The quantitative estimate of drug-likeness (QED) is 0.927. The Balaban J connectivity index is 2.31. The van der Waals surface area contributed by atoms with Crippen molar-refractivity contribution in [3.63, 3.8) is 0 Å². The van der Waals surface area contributed by atoms with Gasteiger partial charge in [0.1, 0.15) is 0 Å². The highest BCUT2D eigenvalue weighted by atomic mass is 32.2. The van der Waals surface area contributed by atoms with E-state index in [1.54, 1.807) is 12.1 Å². The van der Waals surface area contributed by atoms with Gasteiger partial charge in [-0.15, -0.1) is 0 Å². The minimum Gasteiger partial charge on any atom is -0.504 e. The summed E-state index contributed by atoms with van der Waals surface area (Å²) in [5, 5.41) is 10.1. The van der Waals surface area contributed by atoms with E-state index in [1.165, 1.54) is 7.11 Å². The van der Waals surface area contributed by atoms with Crippen molar-refractivity contribution in [2.45, 2.75) is 30.7 Å². The number of methoxy groups -OCH3 is 1. The van der Waals surface area contributed by atoms with E-state index >= 15 is 0 Å². The zero-order valence-electron chi connectivity index (χ0n) is 14.1. The molecule has 2 aromatic carbocycles. The number of aliphatic imine (C=N–C) groups is 1. The summed E-state index contributed by atoms with van der Waals surface area (Å²) in [7, 11) is 0.258. The number of nitrogens with zero attached hydrogens (tertiary/aromatic N) is 1. The summed E-state index contributed by atoms with van der Waals surface area (Å²) in [5.41, 5.74) is 2.09. The molecule has 0 saturated heterocycles. The molecule has 3 rings (SSSR count). The number of rotatable bonds is 3. The monoisotopic (exact) mass is 343 g/mol. The molecule has 5 heteroatoms. The third-order valence-corrected chi connectivity index (χ3v) is 6.13. The second kappa shape index (κ2) is 6.40. The number of phenolic OH excluding ortho intramolecular Hbond substituents is 1. The van der Waals surface area contributed by atoms with Crippen LogP contribution >= 0.6 is 0 Å². The number of hydrogen-bond acceptors (Lipinski definition) is 4. The lowest BCUT2D eigenvalue weighted by Gasteiger charge is -2.22. The van der Waals surface area contributed by atoms with E-state index < -0.39 is 16.3 Å². The molecule has 24 heavy (non-hydrogen) atoms. The van der Waals surface area contributed by atoms with Gasteiger partial charge in [0, 0.05) is 17.2 Å². The number of ether oxygens (including phenoxy) is 1. The first-order valence-corrected chi connectivity index (χ1v) is 9.24.